The first-order valence-corrected chi connectivity index (χ1v) is 16.0. The van der Waals surface area contributed by atoms with Gasteiger partial charge in [0.2, 0.25) is 0 Å². The molecular weight excluding hydrogens is 615 g/mol. The number of phenolic OH excluding ortho intramolecular Hbond substituents is 2. The molecule has 4 N–H and O–H groups in total. The van der Waals surface area contributed by atoms with Crippen LogP contribution in [0.3, 0.4) is 0 Å². The number of pyridine rings is 2. The first-order valence-electron chi connectivity index (χ1n) is 14.8. The largest absolute Gasteiger partial charge is 0.508 e. The van der Waals surface area contributed by atoms with E-state index in [9.17, 15) is 15.0 Å². The molecule has 2 aromatic carbocycles. The summed E-state index contributed by atoms with van der Waals surface area (Å²) in [4.78, 5) is 27.7. The minimum Gasteiger partial charge on any atom is -0.508 e. The predicted octanol–water partition coefficient (Wildman–Crippen LogP) is 6.97. The number of nitrogens with zero attached hydrogens (tertiary/aromatic N) is 3. The van der Waals surface area contributed by atoms with Gasteiger partial charge in [0.1, 0.15) is 22.1 Å². The number of hydrogen-bond acceptors (Lipinski definition) is 8. The van der Waals surface area contributed by atoms with Crippen LogP contribution in [-0.4, -0.2) is 36.3 Å². The Bertz CT molecular complexity index is 2260. The highest BCUT2D eigenvalue weighted by Gasteiger charge is 2.18. The Morgan fingerprint density at radius 1 is 1.00 bits per heavy atom. The number of benzene rings is 2. The third kappa shape index (κ3) is 6.08. The summed E-state index contributed by atoms with van der Waals surface area (Å²) in [7, 11) is 0. The van der Waals surface area contributed by atoms with Crippen molar-refractivity contribution in [2.45, 2.75) is 33.7 Å². The molecule has 6 aromatic rings. The molecule has 6 rings (SSSR count). The molecule has 10 heteroatoms. The maximum Gasteiger partial charge on any atom is 0.270 e. The van der Waals surface area contributed by atoms with Gasteiger partial charge >= 0.3 is 0 Å². The number of aromatic hydroxyl groups is 2. The van der Waals surface area contributed by atoms with E-state index in [4.69, 9.17) is 17.2 Å². The van der Waals surface area contributed by atoms with Crippen LogP contribution in [0.2, 0.25) is 0 Å². The summed E-state index contributed by atoms with van der Waals surface area (Å²) in [5, 5.41) is 23.7. The first kappa shape index (κ1) is 30.9. The van der Waals surface area contributed by atoms with E-state index < -0.39 is 0 Å². The zero-order chi connectivity index (χ0) is 32.4. The molecule has 0 unspecified atom stereocenters. The van der Waals surface area contributed by atoms with Crippen molar-refractivity contribution in [2.24, 2.45) is 0 Å². The molecule has 0 aliphatic carbocycles. The summed E-state index contributed by atoms with van der Waals surface area (Å²) < 4.78 is 1.71. The van der Waals surface area contributed by atoms with Gasteiger partial charge in [-0.15, -0.1) is 11.3 Å². The number of thiophene rings is 1. The van der Waals surface area contributed by atoms with Crippen molar-refractivity contribution < 1.29 is 10.2 Å². The fourth-order valence-electron chi connectivity index (χ4n) is 5.52. The fraction of sp³-hybridized carbons (Fsp3) is 0.167. The second kappa shape index (κ2) is 13.1. The van der Waals surface area contributed by atoms with Crippen molar-refractivity contribution in [3.63, 3.8) is 0 Å². The first-order chi connectivity index (χ1) is 22.2. The molecule has 0 saturated heterocycles. The van der Waals surface area contributed by atoms with Gasteiger partial charge in [0.05, 0.1) is 23.2 Å². The molecule has 0 bridgehead atoms. The van der Waals surface area contributed by atoms with Crippen molar-refractivity contribution >= 4 is 33.8 Å². The highest BCUT2D eigenvalue weighted by atomic mass is 32.1. The monoisotopic (exact) mass is 645 g/mol. The summed E-state index contributed by atoms with van der Waals surface area (Å²) in [6.45, 7) is 6.82. The fourth-order valence-corrected chi connectivity index (χ4v) is 6.87. The second-order valence-corrected chi connectivity index (χ2v) is 12.4. The Balaban J connectivity index is 1.31. The van der Waals surface area contributed by atoms with Crippen LogP contribution in [-0.2, 0) is 13.0 Å². The molecule has 0 amide bonds. The zero-order valence-electron chi connectivity index (χ0n) is 25.5. The minimum atomic E-state index is -0.248. The number of H-pyrrole nitrogens is 1. The van der Waals surface area contributed by atoms with E-state index in [1.54, 1.807) is 30.5 Å². The Morgan fingerprint density at radius 3 is 2.37 bits per heavy atom. The van der Waals surface area contributed by atoms with Gasteiger partial charge < -0.3 is 20.5 Å². The van der Waals surface area contributed by atoms with Gasteiger partial charge in [-0.05, 0) is 91.1 Å². The van der Waals surface area contributed by atoms with Crippen LogP contribution in [0, 0.1) is 30.5 Å². The Labute approximate surface area is 275 Å². The Hall–Kier alpha value is -5.08. The number of phenols is 2. The van der Waals surface area contributed by atoms with E-state index >= 15 is 0 Å². The van der Waals surface area contributed by atoms with Crippen LogP contribution >= 0.6 is 23.6 Å². The topological polar surface area (TPSA) is 116 Å². The highest BCUT2D eigenvalue weighted by Crippen LogP contribution is 2.36. The normalized spacial score (nSPS) is 11.0. The molecule has 8 nitrogen and oxygen atoms in total. The average molecular weight is 646 g/mol. The summed E-state index contributed by atoms with van der Waals surface area (Å²) in [6, 6.07) is 17.9. The molecular formula is C36H31N5O3S2. The van der Waals surface area contributed by atoms with E-state index in [0.29, 0.717) is 34.7 Å². The molecule has 0 radical (unpaired) electrons. The molecule has 4 heterocycles. The summed E-state index contributed by atoms with van der Waals surface area (Å²) >= 11 is 6.98. The average Bonchev–Trinajstić information content (AvgIpc) is 3.35. The van der Waals surface area contributed by atoms with Gasteiger partial charge in [-0.25, -0.2) is 9.55 Å². The van der Waals surface area contributed by atoms with Crippen LogP contribution in [0.4, 0.5) is 0 Å². The number of aryl methyl sites for hydroxylation is 2. The number of aromatic nitrogens is 4. The predicted molar refractivity (Wildman–Crippen MR) is 186 cm³/mol. The quantitative estimate of drug-likeness (QED) is 0.0842. The highest BCUT2D eigenvalue weighted by molar-refractivity contribution is 7.71. The molecule has 46 heavy (non-hydrogen) atoms. The van der Waals surface area contributed by atoms with Crippen LogP contribution in [0.1, 0.15) is 34.2 Å². The lowest BCUT2D eigenvalue weighted by atomic mass is 9.90. The van der Waals surface area contributed by atoms with Crippen LogP contribution < -0.4 is 10.9 Å². The zero-order valence-corrected chi connectivity index (χ0v) is 27.1. The lowest BCUT2D eigenvalue weighted by molar-refractivity contribution is 0.475. The van der Waals surface area contributed by atoms with E-state index in [-0.39, 0.29) is 21.8 Å². The third-order valence-corrected chi connectivity index (χ3v) is 9.03. The van der Waals surface area contributed by atoms with Crippen LogP contribution in [0.5, 0.6) is 11.5 Å². The van der Waals surface area contributed by atoms with Crippen molar-refractivity contribution in [2.75, 3.05) is 6.54 Å². The van der Waals surface area contributed by atoms with Gasteiger partial charge in [-0.3, -0.25) is 9.78 Å². The number of aromatic amines is 1. The maximum atomic E-state index is 13.7. The van der Waals surface area contributed by atoms with Crippen LogP contribution in [0.15, 0.2) is 77.9 Å². The van der Waals surface area contributed by atoms with E-state index in [1.807, 2.05) is 56.4 Å². The molecule has 0 spiro atoms. The molecule has 0 fully saturated rings. The van der Waals surface area contributed by atoms with Gasteiger partial charge in [0.15, 0.2) is 4.77 Å². The molecule has 0 atom stereocenters. The molecule has 0 aliphatic heterocycles. The van der Waals surface area contributed by atoms with Crippen LogP contribution in [0.25, 0.3) is 38.3 Å². The van der Waals surface area contributed by atoms with Gasteiger partial charge in [-0.1, -0.05) is 43.0 Å². The maximum absolute atomic E-state index is 13.7. The number of rotatable bonds is 7. The Morgan fingerprint density at radius 2 is 1.70 bits per heavy atom. The van der Waals surface area contributed by atoms with Crippen molar-refractivity contribution in [3.05, 3.63) is 115 Å². The SMILES string of the molecule is CCc1c(-c2ccc(O)cc2)cnc(CNCC#Cc2c(C)sc3[nH]c(=S)n(-c4cc(C)ccn4)c(=O)c23)c1-c1ccc(O)cc1. The molecule has 0 saturated carbocycles. The number of fused-ring (bicyclic) bond motifs is 1. The lowest BCUT2D eigenvalue weighted by Gasteiger charge is -2.18. The second-order valence-electron chi connectivity index (χ2n) is 10.8. The van der Waals surface area contributed by atoms with Gasteiger partial charge in [-0.2, -0.15) is 0 Å². The van der Waals surface area contributed by atoms with E-state index in [0.717, 1.165) is 50.4 Å². The molecule has 4 aromatic heterocycles. The van der Waals surface area contributed by atoms with Gasteiger partial charge in [0.25, 0.3) is 5.56 Å². The molecule has 0 aliphatic rings. The lowest BCUT2D eigenvalue weighted by Crippen LogP contribution is -2.21. The summed E-state index contributed by atoms with van der Waals surface area (Å²) in [6.07, 6.45) is 4.29. The minimum absolute atomic E-state index is 0.194. The number of nitrogens with one attached hydrogen (secondary N) is 2. The summed E-state index contributed by atoms with van der Waals surface area (Å²) in [5.41, 5.74) is 7.26. The van der Waals surface area contributed by atoms with E-state index in [1.165, 1.54) is 15.9 Å². The Kier molecular flexibility index (Phi) is 8.81. The number of hydrogen-bond donors (Lipinski definition) is 4. The molecule has 230 valence electrons. The van der Waals surface area contributed by atoms with Crippen molar-refractivity contribution in [1.29, 1.82) is 0 Å². The van der Waals surface area contributed by atoms with E-state index in [2.05, 4.69) is 34.0 Å². The summed E-state index contributed by atoms with van der Waals surface area (Å²) in [5.74, 6) is 7.29. The van der Waals surface area contributed by atoms with Crippen molar-refractivity contribution in [3.8, 4) is 51.4 Å². The smallest absolute Gasteiger partial charge is 0.270 e. The van der Waals surface area contributed by atoms with Crippen molar-refractivity contribution in [1.82, 2.24) is 24.8 Å². The standard InChI is InChI=1S/C36H31N5O3S2/c1-4-27-29(23-7-11-25(42)12-8-23)19-39-30(32(27)24-9-13-26(43)14-10-24)20-37-16-5-6-28-22(3)46-34-33(28)35(44)41(36(45)40-34)31-18-21(2)15-17-38-31/h7-15,17-19,37,42-43H,4,16,20H2,1-3H3,(H,40,45). The third-order valence-electron chi connectivity index (χ3n) is 7.73. The van der Waals surface area contributed by atoms with Gasteiger partial charge in [0, 0.05) is 34.9 Å².